The Morgan fingerprint density at radius 1 is 1.19 bits per heavy atom. The van der Waals surface area contributed by atoms with E-state index in [4.69, 9.17) is 22.1 Å². The number of halogens is 1. The van der Waals surface area contributed by atoms with E-state index in [1.807, 2.05) is 18.2 Å². The van der Waals surface area contributed by atoms with Crippen LogP contribution >= 0.6 is 11.6 Å². The molecule has 0 aromatic heterocycles. The molecule has 3 heteroatoms. The zero-order valence-corrected chi connectivity index (χ0v) is 12.9. The van der Waals surface area contributed by atoms with E-state index in [2.05, 4.69) is 24.3 Å². The van der Waals surface area contributed by atoms with Gasteiger partial charge in [0, 0.05) is 6.04 Å². The molecular formula is C18H20ClNO. The van der Waals surface area contributed by atoms with Crippen LogP contribution in [0.2, 0.25) is 5.02 Å². The molecule has 0 saturated heterocycles. The SMILES string of the molecule is COc1cc(C(N)C2CCc3ccccc3C2)ccc1Cl. The van der Waals surface area contributed by atoms with Crippen LogP contribution in [0.3, 0.4) is 0 Å². The molecule has 110 valence electrons. The first-order valence-corrected chi connectivity index (χ1v) is 7.72. The van der Waals surface area contributed by atoms with Crippen molar-refractivity contribution in [3.05, 3.63) is 64.2 Å². The van der Waals surface area contributed by atoms with Crippen LogP contribution in [0, 0.1) is 5.92 Å². The maximum Gasteiger partial charge on any atom is 0.137 e. The van der Waals surface area contributed by atoms with Crippen molar-refractivity contribution in [3.8, 4) is 5.75 Å². The third-order valence-corrected chi connectivity index (χ3v) is 4.77. The lowest BCUT2D eigenvalue weighted by molar-refractivity contribution is 0.378. The van der Waals surface area contributed by atoms with Crippen LogP contribution < -0.4 is 10.5 Å². The first-order valence-electron chi connectivity index (χ1n) is 7.35. The van der Waals surface area contributed by atoms with E-state index < -0.39 is 0 Å². The zero-order valence-electron chi connectivity index (χ0n) is 12.2. The number of hydrogen-bond donors (Lipinski definition) is 1. The topological polar surface area (TPSA) is 35.2 Å². The summed E-state index contributed by atoms with van der Waals surface area (Å²) in [4.78, 5) is 0. The van der Waals surface area contributed by atoms with Crippen LogP contribution in [0.15, 0.2) is 42.5 Å². The lowest BCUT2D eigenvalue weighted by atomic mass is 9.78. The quantitative estimate of drug-likeness (QED) is 0.924. The Hall–Kier alpha value is -1.51. The molecule has 2 unspecified atom stereocenters. The van der Waals surface area contributed by atoms with Gasteiger partial charge in [-0.2, -0.15) is 0 Å². The highest BCUT2D eigenvalue weighted by atomic mass is 35.5. The predicted octanol–water partition coefficient (Wildman–Crippen LogP) is 4.15. The van der Waals surface area contributed by atoms with Crippen LogP contribution in [0.1, 0.15) is 29.2 Å². The minimum absolute atomic E-state index is 0.0181. The second-order valence-electron chi connectivity index (χ2n) is 5.69. The van der Waals surface area contributed by atoms with E-state index in [1.54, 1.807) is 7.11 Å². The van der Waals surface area contributed by atoms with Gasteiger partial charge in [0.2, 0.25) is 0 Å². The van der Waals surface area contributed by atoms with Gasteiger partial charge in [-0.3, -0.25) is 0 Å². The van der Waals surface area contributed by atoms with Gasteiger partial charge < -0.3 is 10.5 Å². The standard InChI is InChI=1S/C18H20ClNO/c1-21-17-11-15(8-9-16(17)19)18(20)14-7-6-12-4-2-3-5-13(12)10-14/h2-5,8-9,11,14,18H,6-7,10,20H2,1H3. The number of nitrogens with two attached hydrogens (primary N) is 1. The van der Waals surface area contributed by atoms with Crippen molar-refractivity contribution in [1.82, 2.24) is 0 Å². The number of fused-ring (bicyclic) bond motifs is 1. The summed E-state index contributed by atoms with van der Waals surface area (Å²) in [5.41, 5.74) is 10.5. The van der Waals surface area contributed by atoms with Crippen LogP contribution in [0.4, 0.5) is 0 Å². The highest BCUT2D eigenvalue weighted by Crippen LogP contribution is 2.35. The largest absolute Gasteiger partial charge is 0.495 e. The van der Waals surface area contributed by atoms with Crippen molar-refractivity contribution in [2.75, 3.05) is 7.11 Å². The minimum Gasteiger partial charge on any atom is -0.495 e. The minimum atomic E-state index is 0.0181. The molecule has 0 fully saturated rings. The van der Waals surface area contributed by atoms with E-state index in [9.17, 15) is 0 Å². The monoisotopic (exact) mass is 301 g/mol. The van der Waals surface area contributed by atoms with Gasteiger partial charge in [-0.15, -0.1) is 0 Å². The molecule has 0 aliphatic heterocycles. The van der Waals surface area contributed by atoms with Crippen molar-refractivity contribution in [2.45, 2.75) is 25.3 Å². The Morgan fingerprint density at radius 3 is 2.71 bits per heavy atom. The maximum atomic E-state index is 6.50. The molecule has 2 aromatic rings. The first-order chi connectivity index (χ1) is 10.2. The lowest BCUT2D eigenvalue weighted by Gasteiger charge is -2.29. The van der Waals surface area contributed by atoms with Crippen LogP contribution in [0.25, 0.3) is 0 Å². The molecule has 0 bridgehead atoms. The molecule has 21 heavy (non-hydrogen) atoms. The summed E-state index contributed by atoms with van der Waals surface area (Å²) in [5.74, 6) is 1.16. The Balaban J connectivity index is 1.82. The number of aryl methyl sites for hydroxylation is 1. The average Bonchev–Trinajstić information content (AvgIpc) is 2.54. The molecule has 0 saturated carbocycles. The molecule has 0 amide bonds. The number of ether oxygens (including phenoxy) is 1. The number of hydrogen-bond acceptors (Lipinski definition) is 2. The Morgan fingerprint density at radius 2 is 1.95 bits per heavy atom. The van der Waals surface area contributed by atoms with Crippen molar-refractivity contribution in [2.24, 2.45) is 11.7 Å². The van der Waals surface area contributed by atoms with Gasteiger partial charge in [-0.25, -0.2) is 0 Å². The third kappa shape index (κ3) is 2.92. The summed E-state index contributed by atoms with van der Waals surface area (Å²) in [6, 6.07) is 14.5. The summed E-state index contributed by atoms with van der Waals surface area (Å²) in [6.45, 7) is 0. The summed E-state index contributed by atoms with van der Waals surface area (Å²) < 4.78 is 5.29. The normalized spacial score (nSPS) is 18.9. The molecular weight excluding hydrogens is 282 g/mol. The molecule has 0 heterocycles. The molecule has 2 aromatic carbocycles. The van der Waals surface area contributed by atoms with Gasteiger partial charge in [0.05, 0.1) is 12.1 Å². The molecule has 0 radical (unpaired) electrons. The smallest absolute Gasteiger partial charge is 0.137 e. The Labute approximate surface area is 130 Å². The fourth-order valence-electron chi connectivity index (χ4n) is 3.19. The van der Waals surface area contributed by atoms with Crippen molar-refractivity contribution < 1.29 is 4.74 Å². The predicted molar refractivity (Wildman–Crippen MR) is 86.9 cm³/mol. The summed E-state index contributed by atoms with van der Waals surface area (Å²) >= 11 is 6.09. The van der Waals surface area contributed by atoms with E-state index in [0.29, 0.717) is 16.7 Å². The maximum absolute atomic E-state index is 6.50. The Kier molecular flexibility index (Phi) is 4.18. The van der Waals surface area contributed by atoms with E-state index in [0.717, 1.165) is 24.8 Å². The van der Waals surface area contributed by atoms with Crippen molar-refractivity contribution in [1.29, 1.82) is 0 Å². The molecule has 3 rings (SSSR count). The van der Waals surface area contributed by atoms with Crippen molar-refractivity contribution in [3.63, 3.8) is 0 Å². The number of benzene rings is 2. The first kappa shape index (κ1) is 14.4. The third-order valence-electron chi connectivity index (χ3n) is 4.45. The summed E-state index contributed by atoms with van der Waals surface area (Å²) in [5, 5.41) is 0.627. The van der Waals surface area contributed by atoms with E-state index >= 15 is 0 Å². The van der Waals surface area contributed by atoms with Crippen molar-refractivity contribution >= 4 is 11.6 Å². The molecule has 1 aliphatic carbocycles. The van der Waals surface area contributed by atoms with Gasteiger partial charge in [-0.1, -0.05) is 41.9 Å². The van der Waals surface area contributed by atoms with Gasteiger partial charge in [0.25, 0.3) is 0 Å². The molecule has 0 spiro atoms. The lowest BCUT2D eigenvalue weighted by Crippen LogP contribution is -2.27. The fourth-order valence-corrected chi connectivity index (χ4v) is 3.38. The van der Waals surface area contributed by atoms with Gasteiger partial charge >= 0.3 is 0 Å². The molecule has 2 N–H and O–H groups in total. The van der Waals surface area contributed by atoms with E-state index in [1.165, 1.54) is 11.1 Å². The highest BCUT2D eigenvalue weighted by molar-refractivity contribution is 6.32. The van der Waals surface area contributed by atoms with Crippen LogP contribution in [0.5, 0.6) is 5.75 Å². The summed E-state index contributed by atoms with van der Waals surface area (Å²) in [6.07, 6.45) is 3.28. The number of rotatable bonds is 3. The average molecular weight is 302 g/mol. The van der Waals surface area contributed by atoms with Crippen LogP contribution in [-0.2, 0) is 12.8 Å². The molecule has 2 nitrogen and oxygen atoms in total. The second kappa shape index (κ2) is 6.08. The van der Waals surface area contributed by atoms with Gasteiger partial charge in [0.15, 0.2) is 0 Å². The van der Waals surface area contributed by atoms with E-state index in [-0.39, 0.29) is 6.04 Å². The molecule has 2 atom stereocenters. The van der Waals surface area contributed by atoms with Crippen LogP contribution in [-0.4, -0.2) is 7.11 Å². The fraction of sp³-hybridized carbons (Fsp3) is 0.333. The zero-order chi connectivity index (χ0) is 14.8. The highest BCUT2D eigenvalue weighted by Gasteiger charge is 2.25. The Bertz CT molecular complexity index is 641. The summed E-state index contributed by atoms with van der Waals surface area (Å²) in [7, 11) is 1.63. The van der Waals surface area contributed by atoms with Gasteiger partial charge in [0.1, 0.15) is 5.75 Å². The van der Waals surface area contributed by atoms with Gasteiger partial charge in [-0.05, 0) is 54.0 Å². The molecule has 1 aliphatic rings. The second-order valence-corrected chi connectivity index (χ2v) is 6.10. The number of methoxy groups -OCH3 is 1.